The standard InChI is InChI=1S/C22H27N5O2/c1-15(2)25-22-23-14-24-27(22)16(3)18-8-6-10-26(12-18)21(28)19-11-17-7-4-5-9-20(17)29-13-19/h4-5,7,9,14,18-19H,3,6,8,10-13H2,1-2H3/t18-,19-/m0/s1. The summed E-state index contributed by atoms with van der Waals surface area (Å²) in [6.45, 7) is 9.96. The number of piperidine rings is 1. The molecule has 4 rings (SSSR count). The molecule has 1 saturated heterocycles. The lowest BCUT2D eigenvalue weighted by Crippen LogP contribution is -2.46. The zero-order valence-electron chi connectivity index (χ0n) is 17.0. The smallest absolute Gasteiger partial charge is 0.252 e. The van der Waals surface area contributed by atoms with Gasteiger partial charge in [0.25, 0.3) is 5.95 Å². The number of nitrogens with zero attached hydrogens (tertiary/aromatic N) is 5. The molecule has 2 atom stereocenters. The Bertz CT molecular complexity index is 944. The molecule has 2 aliphatic heterocycles. The molecule has 1 aromatic heterocycles. The van der Waals surface area contributed by atoms with Crippen LogP contribution in [0.25, 0.3) is 5.70 Å². The van der Waals surface area contributed by atoms with Crippen molar-refractivity contribution in [3.63, 3.8) is 0 Å². The van der Waals surface area contributed by atoms with Gasteiger partial charge in [0.05, 0.1) is 5.92 Å². The molecule has 0 radical (unpaired) electrons. The number of carbonyl (C=O) groups is 1. The highest BCUT2D eigenvalue weighted by molar-refractivity contribution is 5.81. The molecule has 152 valence electrons. The van der Waals surface area contributed by atoms with Crippen molar-refractivity contribution in [2.45, 2.75) is 33.1 Å². The maximum absolute atomic E-state index is 13.2. The molecular formula is C22H27N5O2. The van der Waals surface area contributed by atoms with Gasteiger partial charge in [-0.2, -0.15) is 10.1 Å². The van der Waals surface area contributed by atoms with Gasteiger partial charge in [-0.1, -0.05) is 24.8 Å². The molecule has 29 heavy (non-hydrogen) atoms. The molecule has 1 fully saturated rings. The normalized spacial score (nSPS) is 21.1. The third-order valence-corrected chi connectivity index (χ3v) is 5.56. The monoisotopic (exact) mass is 393 g/mol. The number of hydrogen-bond donors (Lipinski definition) is 0. The second kappa shape index (κ2) is 8.19. The Morgan fingerprint density at radius 1 is 1.28 bits per heavy atom. The van der Waals surface area contributed by atoms with Gasteiger partial charge in [0.15, 0.2) is 0 Å². The van der Waals surface area contributed by atoms with Gasteiger partial charge >= 0.3 is 0 Å². The lowest BCUT2D eigenvalue weighted by molar-refractivity contribution is -0.138. The van der Waals surface area contributed by atoms with Crippen LogP contribution in [0.15, 0.2) is 42.2 Å². The third kappa shape index (κ3) is 4.09. The van der Waals surface area contributed by atoms with Crippen molar-refractivity contribution >= 4 is 23.3 Å². The van der Waals surface area contributed by atoms with Crippen LogP contribution in [0.1, 0.15) is 32.3 Å². The van der Waals surface area contributed by atoms with Crippen LogP contribution in [0.4, 0.5) is 5.95 Å². The number of aliphatic imine (C=N–C) groups is 1. The maximum atomic E-state index is 13.2. The summed E-state index contributed by atoms with van der Waals surface area (Å²) in [5.41, 5.74) is 2.85. The lowest BCUT2D eigenvalue weighted by atomic mass is 9.91. The predicted molar refractivity (Wildman–Crippen MR) is 112 cm³/mol. The van der Waals surface area contributed by atoms with Gasteiger partial charge in [-0.3, -0.25) is 4.79 Å². The fraction of sp³-hybridized carbons (Fsp3) is 0.455. The summed E-state index contributed by atoms with van der Waals surface area (Å²) in [7, 11) is 0. The first-order chi connectivity index (χ1) is 14.0. The van der Waals surface area contributed by atoms with Gasteiger partial charge in [-0.05, 0) is 44.7 Å². The van der Waals surface area contributed by atoms with Crippen LogP contribution in [-0.4, -0.2) is 51.0 Å². The molecule has 0 spiro atoms. The molecule has 0 unspecified atom stereocenters. The number of carbonyl (C=O) groups excluding carboxylic acids is 1. The first-order valence-corrected chi connectivity index (χ1v) is 10.1. The van der Waals surface area contributed by atoms with Crippen molar-refractivity contribution in [3.05, 3.63) is 42.7 Å². The number of ether oxygens (including phenoxy) is 1. The number of likely N-dealkylation sites (tertiary alicyclic amines) is 1. The van der Waals surface area contributed by atoms with E-state index < -0.39 is 0 Å². The van der Waals surface area contributed by atoms with Crippen LogP contribution in [0.5, 0.6) is 5.75 Å². The van der Waals surface area contributed by atoms with E-state index >= 15 is 0 Å². The Morgan fingerprint density at radius 3 is 2.93 bits per heavy atom. The highest BCUT2D eigenvalue weighted by Gasteiger charge is 2.33. The van der Waals surface area contributed by atoms with Gasteiger partial charge in [0.1, 0.15) is 18.7 Å². The summed E-state index contributed by atoms with van der Waals surface area (Å²) in [6, 6.07) is 7.96. The van der Waals surface area contributed by atoms with Crippen LogP contribution in [-0.2, 0) is 11.2 Å². The third-order valence-electron chi connectivity index (χ3n) is 5.56. The van der Waals surface area contributed by atoms with Crippen LogP contribution >= 0.6 is 0 Å². The van der Waals surface area contributed by atoms with E-state index in [1.54, 1.807) is 4.68 Å². The molecule has 0 N–H and O–H groups in total. The average molecular weight is 393 g/mol. The van der Waals surface area contributed by atoms with Crippen LogP contribution in [0.2, 0.25) is 0 Å². The van der Waals surface area contributed by atoms with E-state index in [1.165, 1.54) is 6.33 Å². The van der Waals surface area contributed by atoms with E-state index in [4.69, 9.17) is 4.74 Å². The van der Waals surface area contributed by atoms with Crippen molar-refractivity contribution in [1.82, 2.24) is 19.7 Å². The van der Waals surface area contributed by atoms with Crippen LogP contribution in [0, 0.1) is 11.8 Å². The molecule has 2 aliphatic rings. The number of benzene rings is 1. The number of hydrogen-bond acceptors (Lipinski definition) is 5. The van der Waals surface area contributed by atoms with Crippen LogP contribution < -0.4 is 4.74 Å². The summed E-state index contributed by atoms with van der Waals surface area (Å²) < 4.78 is 7.53. The van der Waals surface area contributed by atoms with Crippen LogP contribution in [0.3, 0.4) is 0 Å². The number of fused-ring (bicyclic) bond motifs is 1. The fourth-order valence-electron chi connectivity index (χ4n) is 4.08. The zero-order chi connectivity index (χ0) is 20.4. The lowest BCUT2D eigenvalue weighted by Gasteiger charge is -2.36. The topological polar surface area (TPSA) is 72.6 Å². The first-order valence-electron chi connectivity index (χ1n) is 10.1. The van der Waals surface area contributed by atoms with E-state index in [1.807, 2.05) is 43.0 Å². The predicted octanol–water partition coefficient (Wildman–Crippen LogP) is 3.35. The van der Waals surface area contributed by atoms with Gasteiger partial charge in [0, 0.05) is 30.4 Å². The first kappa shape index (κ1) is 19.4. The molecule has 0 bridgehead atoms. The molecular weight excluding hydrogens is 366 g/mol. The van der Waals surface area contributed by atoms with E-state index in [0.717, 1.165) is 48.5 Å². The molecule has 7 nitrogen and oxygen atoms in total. The number of aromatic nitrogens is 3. The second-order valence-electron chi connectivity index (χ2n) is 7.97. The summed E-state index contributed by atoms with van der Waals surface area (Å²) in [4.78, 5) is 23.8. The molecule has 2 aromatic rings. The molecule has 0 aliphatic carbocycles. The number of amides is 1. The van der Waals surface area contributed by atoms with Gasteiger partial charge in [-0.15, -0.1) is 0 Å². The second-order valence-corrected chi connectivity index (χ2v) is 7.97. The van der Waals surface area contributed by atoms with E-state index in [9.17, 15) is 4.79 Å². The molecule has 1 amide bonds. The molecule has 1 aromatic carbocycles. The minimum absolute atomic E-state index is 0.133. The summed E-state index contributed by atoms with van der Waals surface area (Å²) >= 11 is 0. The van der Waals surface area contributed by atoms with Gasteiger partial charge < -0.3 is 9.64 Å². The molecule has 7 heteroatoms. The van der Waals surface area contributed by atoms with Crippen molar-refractivity contribution in [2.24, 2.45) is 16.8 Å². The Kier molecular flexibility index (Phi) is 5.47. The maximum Gasteiger partial charge on any atom is 0.252 e. The number of rotatable bonds is 4. The fourth-order valence-corrected chi connectivity index (χ4v) is 4.08. The summed E-state index contributed by atoms with van der Waals surface area (Å²) in [5, 5.41) is 4.30. The largest absolute Gasteiger partial charge is 0.492 e. The Labute approximate surface area is 171 Å². The average Bonchev–Trinajstić information content (AvgIpc) is 3.19. The Hall–Kier alpha value is -2.96. The van der Waals surface area contributed by atoms with E-state index in [0.29, 0.717) is 19.1 Å². The van der Waals surface area contributed by atoms with Crippen molar-refractivity contribution < 1.29 is 9.53 Å². The summed E-state index contributed by atoms with van der Waals surface area (Å²) in [5.74, 6) is 1.60. The molecule has 3 heterocycles. The van der Waals surface area contributed by atoms with Gasteiger partial charge in [-0.25, -0.2) is 9.67 Å². The van der Waals surface area contributed by atoms with Crippen molar-refractivity contribution in [3.8, 4) is 5.75 Å². The van der Waals surface area contributed by atoms with Crippen molar-refractivity contribution in [2.75, 3.05) is 19.7 Å². The minimum Gasteiger partial charge on any atom is -0.492 e. The number of para-hydroxylation sites is 1. The molecule has 0 saturated carbocycles. The quantitative estimate of drug-likeness (QED) is 0.747. The highest BCUT2D eigenvalue weighted by Crippen LogP contribution is 2.31. The van der Waals surface area contributed by atoms with Crippen molar-refractivity contribution in [1.29, 1.82) is 0 Å². The highest BCUT2D eigenvalue weighted by atomic mass is 16.5. The van der Waals surface area contributed by atoms with E-state index in [-0.39, 0.29) is 17.7 Å². The van der Waals surface area contributed by atoms with Gasteiger partial charge in [0.2, 0.25) is 5.91 Å². The van der Waals surface area contributed by atoms with E-state index in [2.05, 4.69) is 21.7 Å². The zero-order valence-corrected chi connectivity index (χ0v) is 17.0. The minimum atomic E-state index is -0.133. The summed E-state index contributed by atoms with van der Waals surface area (Å²) in [6.07, 6.45) is 4.14. The Balaban J connectivity index is 1.45. The SMILES string of the molecule is C=C([C@H]1CCCN(C(=O)[C@@H]2COc3ccccc3C2)C1)n1ncnc1N=C(C)C. The Morgan fingerprint density at radius 2 is 2.10 bits per heavy atom.